The quantitative estimate of drug-likeness (QED) is 0.123. The number of pyridine rings is 2. The van der Waals surface area contributed by atoms with Gasteiger partial charge in [0.2, 0.25) is 0 Å². The van der Waals surface area contributed by atoms with Crippen molar-refractivity contribution in [2.45, 2.75) is 26.2 Å². The first kappa shape index (κ1) is 39.3. The summed E-state index contributed by atoms with van der Waals surface area (Å²) in [5.74, 6) is 6.61. The van der Waals surface area contributed by atoms with Crippen LogP contribution in [0.3, 0.4) is 0 Å². The summed E-state index contributed by atoms with van der Waals surface area (Å²) in [5, 5.41) is 0. The van der Waals surface area contributed by atoms with Crippen molar-refractivity contribution in [3.63, 3.8) is 0 Å². The molecule has 0 aliphatic carbocycles. The van der Waals surface area contributed by atoms with Crippen LogP contribution >= 0.6 is 0 Å². The van der Waals surface area contributed by atoms with Crippen molar-refractivity contribution in [2.24, 2.45) is 0 Å². The first-order valence-corrected chi connectivity index (χ1v) is 18.4. The van der Waals surface area contributed by atoms with E-state index in [1.807, 2.05) is 54.6 Å². The third kappa shape index (κ3) is 10.2. The van der Waals surface area contributed by atoms with Crippen LogP contribution in [0.4, 0.5) is 17.1 Å². The van der Waals surface area contributed by atoms with E-state index in [9.17, 15) is 0 Å². The fraction of sp³-hybridized carbons (Fsp3) is 0.0769. The number of nitrogens with zero attached hydrogens (tertiary/aromatic N) is 3. The second-order valence-corrected chi connectivity index (χ2v) is 14.0. The Hall–Kier alpha value is -6.37. The average molecular weight is 900 g/mol. The minimum atomic E-state index is 0. The zero-order valence-electron chi connectivity index (χ0n) is 31.7. The molecule has 1 radical (unpaired) electrons. The van der Waals surface area contributed by atoms with Crippen LogP contribution in [0, 0.1) is 24.0 Å². The maximum atomic E-state index is 4.40. The van der Waals surface area contributed by atoms with Gasteiger partial charge in [-0.1, -0.05) is 117 Å². The van der Waals surface area contributed by atoms with Gasteiger partial charge in [0.25, 0.3) is 0 Å². The molecular weight excluding hydrogens is 859 g/mol. The molecule has 0 saturated carbocycles. The van der Waals surface area contributed by atoms with Crippen LogP contribution in [0.5, 0.6) is 0 Å². The van der Waals surface area contributed by atoms with Crippen molar-refractivity contribution in [2.75, 3.05) is 4.90 Å². The van der Waals surface area contributed by atoms with Gasteiger partial charge in [-0.15, -0.1) is 65.2 Å². The maximum Gasteiger partial charge on any atom is 0.0462 e. The van der Waals surface area contributed by atoms with Crippen LogP contribution < -0.4 is 4.90 Å². The molecule has 2 heterocycles. The van der Waals surface area contributed by atoms with Crippen LogP contribution in [-0.2, 0) is 25.5 Å². The summed E-state index contributed by atoms with van der Waals surface area (Å²) in [6, 6.07) is 68.5. The van der Waals surface area contributed by atoms with Crippen molar-refractivity contribution in [1.82, 2.24) is 9.97 Å². The summed E-state index contributed by atoms with van der Waals surface area (Å²) in [6.07, 6.45) is 3.61. The Balaban J connectivity index is 0.000000263. The zero-order valence-corrected chi connectivity index (χ0v) is 34.0. The van der Waals surface area contributed by atoms with Crippen molar-refractivity contribution in [3.8, 4) is 45.5 Å². The smallest absolute Gasteiger partial charge is 0.0462 e. The molecule has 0 N–H and O–H groups in total. The Morgan fingerprint density at radius 1 is 0.446 bits per heavy atom. The minimum absolute atomic E-state index is 0. The normalized spacial score (nSPS) is 10.5. The van der Waals surface area contributed by atoms with Crippen LogP contribution in [0.15, 0.2) is 194 Å². The zero-order chi connectivity index (χ0) is 37.9. The first-order chi connectivity index (χ1) is 26.9. The van der Waals surface area contributed by atoms with Crippen LogP contribution in [0.2, 0.25) is 0 Å². The van der Waals surface area contributed by atoms with Gasteiger partial charge in [-0.2, -0.15) is 0 Å². The maximum absolute atomic E-state index is 4.40. The molecule has 275 valence electrons. The van der Waals surface area contributed by atoms with Crippen molar-refractivity contribution in [3.05, 3.63) is 223 Å². The van der Waals surface area contributed by atoms with Gasteiger partial charge in [-0.05, 0) is 89.6 Å². The van der Waals surface area contributed by atoms with E-state index in [0.29, 0.717) is 0 Å². The Bertz CT molecular complexity index is 2410. The van der Waals surface area contributed by atoms with Gasteiger partial charge in [0.1, 0.15) is 0 Å². The molecule has 0 unspecified atom stereocenters. The molecule has 0 atom stereocenters. The number of rotatable bonds is 6. The van der Waals surface area contributed by atoms with Gasteiger partial charge in [-0.25, -0.2) is 0 Å². The predicted molar refractivity (Wildman–Crippen MR) is 228 cm³/mol. The number of hydrogen-bond donors (Lipinski definition) is 0. The van der Waals surface area contributed by atoms with Gasteiger partial charge in [0.15, 0.2) is 0 Å². The first-order valence-electron chi connectivity index (χ1n) is 18.4. The second kappa shape index (κ2) is 18.8. The van der Waals surface area contributed by atoms with Crippen LogP contribution in [0.25, 0.3) is 33.6 Å². The Morgan fingerprint density at radius 2 is 0.893 bits per heavy atom. The fourth-order valence-electron chi connectivity index (χ4n) is 6.04. The topological polar surface area (TPSA) is 29.0 Å². The molecular formula is C52H41IrN3-2. The number of benzene rings is 6. The molecule has 0 fully saturated rings. The predicted octanol–water partition coefficient (Wildman–Crippen LogP) is 12.9. The van der Waals surface area contributed by atoms with E-state index in [0.717, 1.165) is 61.8 Å². The molecule has 8 rings (SSSR count). The summed E-state index contributed by atoms with van der Waals surface area (Å²) in [7, 11) is 0. The Morgan fingerprint density at radius 3 is 1.32 bits per heavy atom. The molecule has 6 aromatic carbocycles. The molecule has 0 spiro atoms. The number of anilines is 3. The van der Waals surface area contributed by atoms with Gasteiger partial charge in [0, 0.05) is 60.7 Å². The summed E-state index contributed by atoms with van der Waals surface area (Å²) in [6.45, 7) is 6.61. The summed E-state index contributed by atoms with van der Waals surface area (Å²) in [5.41, 5.74) is 12.9. The van der Waals surface area contributed by atoms with Crippen molar-refractivity contribution < 1.29 is 20.1 Å². The van der Waals surface area contributed by atoms with E-state index in [2.05, 4.69) is 187 Å². The molecule has 56 heavy (non-hydrogen) atoms. The summed E-state index contributed by atoms with van der Waals surface area (Å²) in [4.78, 5) is 11.0. The van der Waals surface area contributed by atoms with E-state index in [4.69, 9.17) is 0 Å². The van der Waals surface area contributed by atoms with Crippen LogP contribution in [-0.4, -0.2) is 9.97 Å². The fourth-order valence-corrected chi connectivity index (χ4v) is 6.04. The van der Waals surface area contributed by atoms with E-state index >= 15 is 0 Å². The Labute approximate surface area is 345 Å². The van der Waals surface area contributed by atoms with Crippen LogP contribution in [0.1, 0.15) is 37.5 Å². The molecule has 0 saturated heterocycles. The second-order valence-electron chi connectivity index (χ2n) is 14.0. The number of hydrogen-bond acceptors (Lipinski definition) is 3. The van der Waals surface area contributed by atoms with E-state index in [1.54, 1.807) is 12.4 Å². The molecule has 0 aliphatic heterocycles. The SMILES string of the molecule is C(#Cc1ccc(N(c2ccccc2)c2ccccc2)cc1)c1ccc(-c2c[c-]c(-c3ccccn3)cc2)cc1.CC(C)(C)c1c[c-]c(-c2ccccn2)cc1.[Ir]. The largest absolute Gasteiger partial charge is 0.311 e. The molecule has 3 nitrogen and oxygen atoms in total. The van der Waals surface area contributed by atoms with E-state index in [1.165, 1.54) is 5.56 Å². The van der Waals surface area contributed by atoms with Crippen molar-refractivity contribution >= 4 is 17.1 Å². The summed E-state index contributed by atoms with van der Waals surface area (Å²) < 4.78 is 0. The van der Waals surface area contributed by atoms with Gasteiger partial charge in [0.05, 0.1) is 0 Å². The molecule has 4 heteroatoms. The van der Waals surface area contributed by atoms with Gasteiger partial charge >= 0.3 is 0 Å². The Kier molecular flexibility index (Phi) is 13.2. The van der Waals surface area contributed by atoms with E-state index in [-0.39, 0.29) is 25.5 Å². The molecule has 8 aromatic rings. The molecule has 2 aromatic heterocycles. The molecule has 0 amide bonds. The summed E-state index contributed by atoms with van der Waals surface area (Å²) >= 11 is 0. The standard InChI is InChI=1S/C37H25N2.C15H16N.Ir/c1-3-9-34(10-4-1)39(35-11-5-2-6-12-35)36-26-18-30(19-27-36)15-14-29-16-20-31(21-17-29)32-22-24-33(25-23-32)37-13-7-8-28-38-37;1-15(2,3)13-9-7-12(8-10-13)14-6-4-5-11-16-14;/h1-13,16-24,26-28H;4-7,9-11H,1-3H3;/q2*-1;. The molecule has 0 bridgehead atoms. The van der Waals surface area contributed by atoms with Crippen molar-refractivity contribution in [1.29, 1.82) is 0 Å². The monoisotopic (exact) mass is 900 g/mol. The molecule has 0 aliphatic rings. The third-order valence-corrected chi connectivity index (χ3v) is 9.10. The van der Waals surface area contributed by atoms with E-state index < -0.39 is 0 Å². The third-order valence-electron chi connectivity index (χ3n) is 9.10. The minimum Gasteiger partial charge on any atom is -0.311 e. The number of aromatic nitrogens is 2. The van der Waals surface area contributed by atoms with Gasteiger partial charge in [-0.3, -0.25) is 0 Å². The van der Waals surface area contributed by atoms with Gasteiger partial charge < -0.3 is 14.9 Å². The number of para-hydroxylation sites is 2. The average Bonchev–Trinajstić information content (AvgIpc) is 3.25.